The molecular formula is C19H21N3O5. The van der Waals surface area contributed by atoms with Crippen LogP contribution in [0.2, 0.25) is 0 Å². The van der Waals surface area contributed by atoms with E-state index in [1.165, 1.54) is 19.1 Å². The van der Waals surface area contributed by atoms with E-state index in [1.807, 2.05) is 18.2 Å². The Morgan fingerprint density at radius 3 is 2.56 bits per heavy atom. The highest BCUT2D eigenvalue weighted by Crippen LogP contribution is 2.17. The number of para-hydroxylation sites is 1. The molecule has 3 amide bonds. The Hall–Kier alpha value is -3.55. The van der Waals surface area contributed by atoms with Crippen molar-refractivity contribution in [3.05, 3.63) is 59.7 Å². The second kappa shape index (κ2) is 9.23. The van der Waals surface area contributed by atoms with Crippen LogP contribution in [-0.2, 0) is 16.1 Å². The molecule has 0 bridgehead atoms. The zero-order valence-electron chi connectivity index (χ0n) is 15.0. The quantitative estimate of drug-likeness (QED) is 0.644. The number of nitrogens with two attached hydrogens (primary N) is 1. The van der Waals surface area contributed by atoms with E-state index in [9.17, 15) is 14.4 Å². The summed E-state index contributed by atoms with van der Waals surface area (Å²) in [6, 6.07) is 12.6. The van der Waals surface area contributed by atoms with Crippen LogP contribution in [0.5, 0.6) is 5.75 Å². The molecule has 2 aromatic carbocycles. The van der Waals surface area contributed by atoms with Crippen LogP contribution in [-0.4, -0.2) is 31.1 Å². The summed E-state index contributed by atoms with van der Waals surface area (Å²) in [4.78, 5) is 35.3. The first kappa shape index (κ1) is 19.8. The largest absolute Gasteiger partial charge is 0.496 e. The number of hydrogen-bond donors (Lipinski definition) is 3. The van der Waals surface area contributed by atoms with Gasteiger partial charge in [0.2, 0.25) is 0 Å². The molecule has 0 saturated carbocycles. The van der Waals surface area contributed by atoms with Gasteiger partial charge in [-0.1, -0.05) is 24.3 Å². The van der Waals surface area contributed by atoms with Gasteiger partial charge in [0.15, 0.2) is 6.10 Å². The first-order chi connectivity index (χ1) is 12.9. The number of anilines is 1. The average Bonchev–Trinajstić information content (AvgIpc) is 2.65. The minimum atomic E-state index is -1.00. The fraction of sp³-hybridized carbons (Fsp3) is 0.211. The Bertz CT molecular complexity index is 838. The first-order valence-corrected chi connectivity index (χ1v) is 8.18. The average molecular weight is 371 g/mol. The molecule has 0 heterocycles. The molecule has 0 fully saturated rings. The van der Waals surface area contributed by atoms with Crippen molar-refractivity contribution in [3.63, 3.8) is 0 Å². The van der Waals surface area contributed by atoms with E-state index < -0.39 is 24.0 Å². The summed E-state index contributed by atoms with van der Waals surface area (Å²) in [5, 5.41) is 5.06. The standard InChI is InChI=1S/C19H21N3O5/c1-12(17(23)21-11-14-6-3-4-9-16(14)26-2)27-18(24)13-7-5-8-15(10-13)22-19(20)25/h3-10,12H,11H2,1-2H3,(H,21,23)(H3,20,22,25)/t12-/m1/s1. The van der Waals surface area contributed by atoms with Crippen LogP contribution in [0.4, 0.5) is 10.5 Å². The van der Waals surface area contributed by atoms with Gasteiger partial charge >= 0.3 is 12.0 Å². The van der Waals surface area contributed by atoms with Crippen molar-refractivity contribution in [2.24, 2.45) is 5.73 Å². The Morgan fingerprint density at radius 2 is 1.85 bits per heavy atom. The van der Waals surface area contributed by atoms with E-state index in [4.69, 9.17) is 15.2 Å². The Labute approximate surface area is 156 Å². The van der Waals surface area contributed by atoms with E-state index in [2.05, 4.69) is 10.6 Å². The summed E-state index contributed by atoms with van der Waals surface area (Å²) in [5.41, 5.74) is 6.39. The lowest BCUT2D eigenvalue weighted by atomic mass is 10.2. The molecule has 2 rings (SSSR count). The van der Waals surface area contributed by atoms with Crippen molar-refractivity contribution in [2.75, 3.05) is 12.4 Å². The lowest BCUT2D eigenvalue weighted by Crippen LogP contribution is -2.35. The molecule has 8 heteroatoms. The molecule has 4 N–H and O–H groups in total. The lowest BCUT2D eigenvalue weighted by molar-refractivity contribution is -0.129. The number of carbonyl (C=O) groups excluding carboxylic acids is 3. The summed E-state index contributed by atoms with van der Waals surface area (Å²) in [6.45, 7) is 1.71. The van der Waals surface area contributed by atoms with Gasteiger partial charge in [-0.3, -0.25) is 4.79 Å². The predicted molar refractivity (Wildman–Crippen MR) is 99.4 cm³/mol. The maximum absolute atomic E-state index is 12.2. The Balaban J connectivity index is 1.93. The van der Waals surface area contributed by atoms with Crippen LogP contribution >= 0.6 is 0 Å². The maximum Gasteiger partial charge on any atom is 0.338 e. The molecule has 0 aliphatic carbocycles. The SMILES string of the molecule is COc1ccccc1CNC(=O)[C@@H](C)OC(=O)c1cccc(NC(N)=O)c1. The van der Waals surface area contributed by atoms with Crippen molar-refractivity contribution in [1.29, 1.82) is 0 Å². The maximum atomic E-state index is 12.2. The van der Waals surface area contributed by atoms with Crippen LogP contribution in [0.3, 0.4) is 0 Å². The third-order valence-corrected chi connectivity index (χ3v) is 3.66. The van der Waals surface area contributed by atoms with Crippen molar-refractivity contribution in [2.45, 2.75) is 19.6 Å². The fourth-order valence-electron chi connectivity index (χ4n) is 2.32. The summed E-state index contributed by atoms with van der Waals surface area (Å²) < 4.78 is 10.4. The Kier molecular flexibility index (Phi) is 6.76. The van der Waals surface area contributed by atoms with Gasteiger partial charge in [0.1, 0.15) is 5.75 Å². The van der Waals surface area contributed by atoms with E-state index in [1.54, 1.807) is 25.3 Å². The number of nitrogens with one attached hydrogen (secondary N) is 2. The van der Waals surface area contributed by atoms with E-state index in [-0.39, 0.29) is 12.1 Å². The summed E-state index contributed by atoms with van der Waals surface area (Å²) in [7, 11) is 1.55. The molecule has 8 nitrogen and oxygen atoms in total. The lowest BCUT2D eigenvalue weighted by Gasteiger charge is -2.15. The number of primary amides is 1. The highest BCUT2D eigenvalue weighted by molar-refractivity contribution is 5.94. The van der Waals surface area contributed by atoms with Gasteiger partial charge in [0, 0.05) is 17.8 Å². The Morgan fingerprint density at radius 1 is 1.11 bits per heavy atom. The van der Waals surface area contributed by atoms with Gasteiger partial charge in [-0.15, -0.1) is 0 Å². The van der Waals surface area contributed by atoms with Gasteiger partial charge in [0.25, 0.3) is 5.91 Å². The molecular weight excluding hydrogens is 350 g/mol. The molecule has 2 aromatic rings. The number of esters is 1. The second-order valence-electron chi connectivity index (χ2n) is 5.65. The number of amides is 3. The third-order valence-electron chi connectivity index (χ3n) is 3.66. The molecule has 27 heavy (non-hydrogen) atoms. The number of rotatable bonds is 7. The molecule has 0 aromatic heterocycles. The molecule has 0 aliphatic heterocycles. The number of ether oxygens (including phenoxy) is 2. The second-order valence-corrected chi connectivity index (χ2v) is 5.65. The first-order valence-electron chi connectivity index (χ1n) is 8.18. The fourth-order valence-corrected chi connectivity index (χ4v) is 2.32. The van der Waals surface area contributed by atoms with Crippen LogP contribution in [0, 0.1) is 0 Å². The molecule has 0 radical (unpaired) electrons. The van der Waals surface area contributed by atoms with Gasteiger partial charge < -0.3 is 25.8 Å². The minimum absolute atomic E-state index is 0.186. The number of hydrogen-bond acceptors (Lipinski definition) is 5. The summed E-state index contributed by atoms with van der Waals surface area (Å²) >= 11 is 0. The number of urea groups is 1. The van der Waals surface area contributed by atoms with E-state index >= 15 is 0 Å². The number of carbonyl (C=O) groups is 3. The van der Waals surface area contributed by atoms with Crippen molar-refractivity contribution >= 4 is 23.6 Å². The van der Waals surface area contributed by atoms with Crippen LogP contribution in [0.15, 0.2) is 48.5 Å². The highest BCUT2D eigenvalue weighted by atomic mass is 16.5. The normalized spacial score (nSPS) is 11.2. The summed E-state index contributed by atoms with van der Waals surface area (Å²) in [5.74, 6) is -0.482. The minimum Gasteiger partial charge on any atom is -0.496 e. The van der Waals surface area contributed by atoms with Crippen LogP contribution in [0.1, 0.15) is 22.8 Å². The van der Waals surface area contributed by atoms with Crippen molar-refractivity contribution < 1.29 is 23.9 Å². The van der Waals surface area contributed by atoms with Gasteiger partial charge in [0.05, 0.1) is 12.7 Å². The molecule has 0 unspecified atom stereocenters. The molecule has 0 spiro atoms. The smallest absolute Gasteiger partial charge is 0.338 e. The zero-order chi connectivity index (χ0) is 19.8. The highest BCUT2D eigenvalue weighted by Gasteiger charge is 2.19. The van der Waals surface area contributed by atoms with E-state index in [0.29, 0.717) is 11.4 Å². The monoisotopic (exact) mass is 371 g/mol. The third kappa shape index (κ3) is 5.74. The molecule has 1 atom stereocenters. The topological polar surface area (TPSA) is 120 Å². The van der Waals surface area contributed by atoms with Crippen molar-refractivity contribution in [1.82, 2.24) is 5.32 Å². The molecule has 142 valence electrons. The van der Waals surface area contributed by atoms with E-state index in [0.717, 1.165) is 5.56 Å². The van der Waals surface area contributed by atoms with Crippen LogP contribution in [0.25, 0.3) is 0 Å². The number of benzene rings is 2. The number of methoxy groups -OCH3 is 1. The zero-order valence-corrected chi connectivity index (χ0v) is 15.0. The summed E-state index contributed by atoms with van der Waals surface area (Å²) in [6.07, 6.45) is -1.00. The molecule has 0 aliphatic rings. The van der Waals surface area contributed by atoms with Crippen molar-refractivity contribution in [3.8, 4) is 5.75 Å². The van der Waals surface area contributed by atoms with Gasteiger partial charge in [-0.25, -0.2) is 9.59 Å². The van der Waals surface area contributed by atoms with Gasteiger partial charge in [-0.05, 0) is 31.2 Å². The van der Waals surface area contributed by atoms with Gasteiger partial charge in [-0.2, -0.15) is 0 Å². The van der Waals surface area contributed by atoms with Crippen LogP contribution < -0.4 is 21.1 Å². The predicted octanol–water partition coefficient (Wildman–Crippen LogP) is 2.05. The molecule has 0 saturated heterocycles.